The summed E-state index contributed by atoms with van der Waals surface area (Å²) in [5.41, 5.74) is 4.56. The lowest BCUT2D eigenvalue weighted by Crippen LogP contribution is -2.47. The number of halogens is 1. The van der Waals surface area contributed by atoms with Crippen LogP contribution < -0.4 is 20.4 Å². The van der Waals surface area contributed by atoms with Gasteiger partial charge in [0, 0.05) is 69.0 Å². The molecule has 0 unspecified atom stereocenters. The van der Waals surface area contributed by atoms with Crippen LogP contribution in [0.25, 0.3) is 0 Å². The number of para-hydroxylation sites is 1. The van der Waals surface area contributed by atoms with Gasteiger partial charge in [0.05, 0.1) is 11.4 Å². The molecule has 0 radical (unpaired) electrons. The van der Waals surface area contributed by atoms with Crippen LogP contribution in [-0.4, -0.2) is 68.4 Å². The van der Waals surface area contributed by atoms with E-state index in [1.54, 1.807) is 12.1 Å². The molecule has 41 heavy (non-hydrogen) atoms. The average Bonchev–Trinajstić information content (AvgIpc) is 3.40. The van der Waals surface area contributed by atoms with Crippen molar-refractivity contribution in [1.29, 1.82) is 0 Å². The first-order valence-corrected chi connectivity index (χ1v) is 14.2. The number of hydrogen-bond donors (Lipinski definition) is 2. The van der Waals surface area contributed by atoms with Crippen LogP contribution in [0.4, 0.5) is 21.5 Å². The van der Waals surface area contributed by atoms with Gasteiger partial charge < -0.3 is 25.3 Å². The number of anilines is 3. The van der Waals surface area contributed by atoms with Crippen molar-refractivity contribution in [2.24, 2.45) is 0 Å². The fourth-order valence-electron chi connectivity index (χ4n) is 5.47. The molecule has 9 heteroatoms. The molecule has 3 aromatic rings. The Kier molecular flexibility index (Phi) is 8.82. The van der Waals surface area contributed by atoms with E-state index in [1.807, 2.05) is 23.1 Å². The molecule has 3 aromatic carbocycles. The highest BCUT2D eigenvalue weighted by Crippen LogP contribution is 2.30. The molecule has 2 aliphatic rings. The van der Waals surface area contributed by atoms with Crippen LogP contribution in [0.3, 0.4) is 0 Å². The molecule has 8 nitrogen and oxygen atoms in total. The summed E-state index contributed by atoms with van der Waals surface area (Å²) in [6, 6.07) is 19.1. The predicted octanol–water partition coefficient (Wildman–Crippen LogP) is 4.46. The molecule has 2 aliphatic heterocycles. The zero-order valence-electron chi connectivity index (χ0n) is 23.4. The summed E-state index contributed by atoms with van der Waals surface area (Å²) in [5, 5.41) is 5.89. The minimum atomic E-state index is -0.415. The molecule has 0 bridgehead atoms. The Balaban J connectivity index is 1.29. The molecule has 0 atom stereocenters. The van der Waals surface area contributed by atoms with Gasteiger partial charge >= 0.3 is 0 Å². The lowest BCUT2D eigenvalue weighted by atomic mass is 10.1. The summed E-state index contributed by atoms with van der Waals surface area (Å²) in [4.78, 5) is 44.3. The van der Waals surface area contributed by atoms with Crippen LogP contribution in [0.15, 0.2) is 66.7 Å². The second-order valence-electron chi connectivity index (χ2n) is 10.5. The number of benzene rings is 3. The number of likely N-dealkylation sites (tertiary alicyclic amines) is 1. The minimum absolute atomic E-state index is 0.174. The highest BCUT2D eigenvalue weighted by molar-refractivity contribution is 6.07. The number of aryl methyl sites for hydroxylation is 1. The molecule has 5 rings (SSSR count). The third-order valence-corrected chi connectivity index (χ3v) is 7.75. The van der Waals surface area contributed by atoms with E-state index in [0.29, 0.717) is 42.7 Å². The van der Waals surface area contributed by atoms with Gasteiger partial charge in [-0.15, -0.1) is 0 Å². The van der Waals surface area contributed by atoms with Gasteiger partial charge in [-0.3, -0.25) is 14.4 Å². The van der Waals surface area contributed by atoms with Gasteiger partial charge in [0.25, 0.3) is 11.8 Å². The van der Waals surface area contributed by atoms with E-state index in [4.69, 9.17) is 0 Å². The number of carbonyl (C=O) groups is 3. The summed E-state index contributed by atoms with van der Waals surface area (Å²) in [6.45, 7) is 7.10. The average molecular weight is 558 g/mol. The standard InChI is InChI=1S/C32H36FN5O3/c1-23-6-2-3-7-28(23)36-18-20-37(21-19-36)29-14-11-25(31(40)34-15-5-17-38-16-4-8-30(38)39)22-27(29)35-32(41)24-9-12-26(33)13-10-24/h2-3,6-7,9-14,22H,4-5,8,15-21H2,1H3,(H,34,40)(H,35,41). The molecular weight excluding hydrogens is 521 g/mol. The number of carbonyl (C=O) groups excluding carboxylic acids is 3. The molecule has 0 aliphatic carbocycles. The molecular formula is C32H36FN5O3. The SMILES string of the molecule is Cc1ccccc1N1CCN(c2ccc(C(=O)NCCCN3CCCC3=O)cc2NC(=O)c2ccc(F)cc2)CC1. The molecule has 0 saturated carbocycles. The highest BCUT2D eigenvalue weighted by atomic mass is 19.1. The summed E-state index contributed by atoms with van der Waals surface area (Å²) >= 11 is 0. The predicted molar refractivity (Wildman–Crippen MR) is 159 cm³/mol. The van der Waals surface area contributed by atoms with Crippen molar-refractivity contribution in [3.8, 4) is 0 Å². The Morgan fingerprint density at radius 3 is 2.20 bits per heavy atom. The van der Waals surface area contributed by atoms with Crippen molar-refractivity contribution < 1.29 is 18.8 Å². The van der Waals surface area contributed by atoms with Crippen LogP contribution in [0.2, 0.25) is 0 Å². The summed E-state index contributed by atoms with van der Waals surface area (Å²) in [7, 11) is 0. The van der Waals surface area contributed by atoms with E-state index in [9.17, 15) is 18.8 Å². The third-order valence-electron chi connectivity index (χ3n) is 7.75. The molecule has 2 heterocycles. The molecule has 3 amide bonds. The maximum atomic E-state index is 13.4. The van der Waals surface area contributed by atoms with Crippen LogP contribution >= 0.6 is 0 Å². The molecule has 2 N–H and O–H groups in total. The van der Waals surface area contributed by atoms with Gasteiger partial charge in [0.2, 0.25) is 5.91 Å². The van der Waals surface area contributed by atoms with Crippen molar-refractivity contribution in [3.63, 3.8) is 0 Å². The quantitative estimate of drug-likeness (QED) is 0.380. The summed E-state index contributed by atoms with van der Waals surface area (Å²) in [6.07, 6.45) is 2.17. The molecule has 0 spiro atoms. The Morgan fingerprint density at radius 2 is 1.51 bits per heavy atom. The topological polar surface area (TPSA) is 85.0 Å². The Hall–Kier alpha value is -4.40. The molecule has 214 valence electrons. The molecule has 2 saturated heterocycles. The van der Waals surface area contributed by atoms with E-state index in [2.05, 4.69) is 39.5 Å². The fourth-order valence-corrected chi connectivity index (χ4v) is 5.47. The van der Waals surface area contributed by atoms with Crippen molar-refractivity contribution >= 4 is 34.8 Å². The first-order chi connectivity index (χ1) is 19.9. The first kappa shape index (κ1) is 28.1. The first-order valence-electron chi connectivity index (χ1n) is 14.2. The zero-order chi connectivity index (χ0) is 28.8. The third kappa shape index (κ3) is 6.85. The summed E-state index contributed by atoms with van der Waals surface area (Å²) < 4.78 is 13.4. The number of piperazine rings is 1. The van der Waals surface area contributed by atoms with Crippen LogP contribution in [0.1, 0.15) is 45.5 Å². The zero-order valence-corrected chi connectivity index (χ0v) is 23.4. The number of rotatable bonds is 9. The second kappa shape index (κ2) is 12.8. The smallest absolute Gasteiger partial charge is 0.255 e. The van der Waals surface area contributed by atoms with Gasteiger partial charge in [-0.05, 0) is 73.9 Å². The van der Waals surface area contributed by atoms with Gasteiger partial charge in [0.15, 0.2) is 0 Å². The van der Waals surface area contributed by atoms with Crippen molar-refractivity contribution in [2.75, 3.05) is 60.9 Å². The van der Waals surface area contributed by atoms with Crippen molar-refractivity contribution in [3.05, 3.63) is 89.2 Å². The van der Waals surface area contributed by atoms with Crippen LogP contribution in [0, 0.1) is 12.7 Å². The Bertz CT molecular complexity index is 1400. The minimum Gasteiger partial charge on any atom is -0.368 e. The fraction of sp³-hybridized carbons (Fsp3) is 0.344. The number of amides is 3. The number of hydrogen-bond acceptors (Lipinski definition) is 5. The van der Waals surface area contributed by atoms with E-state index in [1.165, 1.54) is 35.5 Å². The van der Waals surface area contributed by atoms with Gasteiger partial charge in [-0.1, -0.05) is 18.2 Å². The Labute approximate surface area is 240 Å². The van der Waals surface area contributed by atoms with Gasteiger partial charge in [-0.2, -0.15) is 0 Å². The van der Waals surface area contributed by atoms with E-state index < -0.39 is 5.82 Å². The Morgan fingerprint density at radius 1 is 0.829 bits per heavy atom. The van der Waals surface area contributed by atoms with Crippen LogP contribution in [0.5, 0.6) is 0 Å². The molecule has 2 fully saturated rings. The highest BCUT2D eigenvalue weighted by Gasteiger charge is 2.23. The maximum Gasteiger partial charge on any atom is 0.255 e. The lowest BCUT2D eigenvalue weighted by molar-refractivity contribution is -0.127. The monoisotopic (exact) mass is 557 g/mol. The van der Waals surface area contributed by atoms with Gasteiger partial charge in [-0.25, -0.2) is 4.39 Å². The number of nitrogens with zero attached hydrogens (tertiary/aromatic N) is 3. The van der Waals surface area contributed by atoms with E-state index in [-0.39, 0.29) is 17.7 Å². The van der Waals surface area contributed by atoms with E-state index in [0.717, 1.165) is 44.8 Å². The largest absolute Gasteiger partial charge is 0.368 e. The van der Waals surface area contributed by atoms with Crippen LogP contribution in [-0.2, 0) is 4.79 Å². The normalized spacial score (nSPS) is 15.3. The van der Waals surface area contributed by atoms with Gasteiger partial charge in [0.1, 0.15) is 5.82 Å². The van der Waals surface area contributed by atoms with Crippen molar-refractivity contribution in [2.45, 2.75) is 26.2 Å². The number of nitrogens with one attached hydrogen (secondary N) is 2. The summed E-state index contributed by atoms with van der Waals surface area (Å²) in [5.74, 6) is -0.863. The van der Waals surface area contributed by atoms with Crippen molar-refractivity contribution in [1.82, 2.24) is 10.2 Å². The van der Waals surface area contributed by atoms with E-state index >= 15 is 0 Å². The lowest BCUT2D eigenvalue weighted by Gasteiger charge is -2.38. The molecule has 0 aromatic heterocycles. The maximum absolute atomic E-state index is 13.4. The second-order valence-corrected chi connectivity index (χ2v) is 10.5.